The summed E-state index contributed by atoms with van der Waals surface area (Å²) in [5, 5.41) is 16.2. The van der Waals surface area contributed by atoms with Crippen LogP contribution in [0.4, 0.5) is 4.39 Å². The second-order valence-corrected chi connectivity index (χ2v) is 4.99. The van der Waals surface area contributed by atoms with Crippen molar-refractivity contribution in [1.29, 1.82) is 0 Å². The molecule has 1 unspecified atom stereocenters. The van der Waals surface area contributed by atoms with E-state index in [4.69, 9.17) is 16.3 Å². The van der Waals surface area contributed by atoms with Gasteiger partial charge in [-0.2, -0.15) is 0 Å². The summed E-state index contributed by atoms with van der Waals surface area (Å²) >= 11 is 5.70. The highest BCUT2D eigenvalue weighted by atomic mass is 35.5. The Morgan fingerprint density at radius 3 is 3.16 bits per heavy atom. The Balaban J connectivity index is 1.93. The van der Waals surface area contributed by atoms with Crippen molar-refractivity contribution in [1.82, 2.24) is 10.6 Å². The van der Waals surface area contributed by atoms with E-state index in [0.717, 1.165) is 13.0 Å². The van der Waals surface area contributed by atoms with Crippen LogP contribution < -0.4 is 10.6 Å². The van der Waals surface area contributed by atoms with Crippen LogP contribution in [0.2, 0.25) is 5.02 Å². The van der Waals surface area contributed by atoms with Gasteiger partial charge in [0.2, 0.25) is 0 Å². The lowest BCUT2D eigenvalue weighted by Crippen LogP contribution is -2.49. The number of methoxy groups -OCH3 is 1. The van der Waals surface area contributed by atoms with Gasteiger partial charge in [0.05, 0.1) is 17.2 Å². The number of aliphatic hydroxyl groups is 1. The van der Waals surface area contributed by atoms with Gasteiger partial charge in [0.1, 0.15) is 12.0 Å². The van der Waals surface area contributed by atoms with E-state index in [-0.39, 0.29) is 23.7 Å². The summed E-state index contributed by atoms with van der Waals surface area (Å²) in [6.45, 7) is 1.01. The van der Waals surface area contributed by atoms with Gasteiger partial charge in [0.25, 0.3) is 0 Å². The number of halogens is 2. The highest BCUT2D eigenvalue weighted by Crippen LogP contribution is 2.18. The Morgan fingerprint density at radius 2 is 2.42 bits per heavy atom. The van der Waals surface area contributed by atoms with Gasteiger partial charge in [-0.05, 0) is 19.0 Å². The molecule has 0 aliphatic carbocycles. The Bertz CT molecular complexity index is 433. The molecule has 6 heteroatoms. The van der Waals surface area contributed by atoms with Gasteiger partial charge in [-0.1, -0.05) is 23.7 Å². The van der Waals surface area contributed by atoms with Crippen molar-refractivity contribution in [2.45, 2.75) is 31.3 Å². The normalized spacial score (nSPS) is 24.6. The van der Waals surface area contributed by atoms with Crippen molar-refractivity contribution in [3.63, 3.8) is 0 Å². The van der Waals surface area contributed by atoms with Crippen molar-refractivity contribution in [3.8, 4) is 0 Å². The van der Waals surface area contributed by atoms with Crippen molar-refractivity contribution in [3.05, 3.63) is 34.6 Å². The molecule has 1 aliphatic rings. The van der Waals surface area contributed by atoms with Crippen LogP contribution in [-0.2, 0) is 11.3 Å². The van der Waals surface area contributed by atoms with Crippen LogP contribution in [0.15, 0.2) is 18.2 Å². The second-order valence-electron chi connectivity index (χ2n) is 4.58. The quantitative estimate of drug-likeness (QED) is 0.714. The zero-order chi connectivity index (χ0) is 13.8. The maximum absolute atomic E-state index is 13.7. The predicted octanol–water partition coefficient (Wildman–Crippen LogP) is 1.26. The summed E-state index contributed by atoms with van der Waals surface area (Å²) in [7, 11) is 1.62. The van der Waals surface area contributed by atoms with Gasteiger partial charge in [-0.3, -0.25) is 5.32 Å². The molecule has 1 heterocycles. The van der Waals surface area contributed by atoms with E-state index in [0.29, 0.717) is 5.56 Å². The molecule has 0 aromatic heterocycles. The first-order chi connectivity index (χ1) is 9.13. The predicted molar refractivity (Wildman–Crippen MR) is 71.5 cm³/mol. The topological polar surface area (TPSA) is 53.5 Å². The Hall–Kier alpha value is -0.720. The molecule has 0 bridgehead atoms. The van der Waals surface area contributed by atoms with Gasteiger partial charge in [0, 0.05) is 19.2 Å². The van der Waals surface area contributed by atoms with Crippen LogP contribution in [0, 0.1) is 5.82 Å². The molecule has 19 heavy (non-hydrogen) atoms. The zero-order valence-electron chi connectivity index (χ0n) is 10.7. The molecule has 1 fully saturated rings. The fraction of sp³-hybridized carbons (Fsp3) is 0.538. The van der Waals surface area contributed by atoms with Crippen LogP contribution in [0.1, 0.15) is 12.0 Å². The SMILES string of the molecule is CO[C@@H]1CCN[C@@H]1C(O)NCc1cccc(Cl)c1F. The molecule has 0 amide bonds. The first-order valence-corrected chi connectivity index (χ1v) is 6.62. The third-order valence-corrected chi connectivity index (χ3v) is 3.68. The smallest absolute Gasteiger partial charge is 0.146 e. The van der Waals surface area contributed by atoms with E-state index >= 15 is 0 Å². The monoisotopic (exact) mass is 288 g/mol. The van der Waals surface area contributed by atoms with E-state index < -0.39 is 12.0 Å². The molecule has 0 spiro atoms. The summed E-state index contributed by atoms with van der Waals surface area (Å²) in [6.07, 6.45) is 0.0170. The lowest BCUT2D eigenvalue weighted by Gasteiger charge is -2.24. The summed E-state index contributed by atoms with van der Waals surface area (Å²) < 4.78 is 19.0. The molecule has 1 aromatic rings. The van der Waals surface area contributed by atoms with Crippen LogP contribution >= 0.6 is 11.6 Å². The molecule has 3 N–H and O–H groups in total. The van der Waals surface area contributed by atoms with E-state index in [9.17, 15) is 9.50 Å². The third kappa shape index (κ3) is 3.43. The lowest BCUT2D eigenvalue weighted by molar-refractivity contribution is 0.0171. The minimum absolute atomic E-state index is 0.0355. The summed E-state index contributed by atoms with van der Waals surface area (Å²) in [5.41, 5.74) is 0.429. The molecular weight excluding hydrogens is 271 g/mol. The van der Waals surface area contributed by atoms with Crippen LogP contribution in [0.3, 0.4) is 0 Å². The number of ether oxygens (including phenoxy) is 1. The molecular formula is C13H18ClFN2O2. The number of aliphatic hydroxyl groups excluding tert-OH is 1. The molecule has 1 aliphatic heterocycles. The molecule has 3 atom stereocenters. The molecule has 4 nitrogen and oxygen atoms in total. The summed E-state index contributed by atoms with van der Waals surface area (Å²) in [6, 6.07) is 4.63. The average Bonchev–Trinajstić information content (AvgIpc) is 2.88. The minimum Gasteiger partial charge on any atom is -0.380 e. The lowest BCUT2D eigenvalue weighted by atomic mass is 10.1. The van der Waals surface area contributed by atoms with E-state index in [1.54, 1.807) is 19.2 Å². The Kier molecular flexibility index (Phi) is 5.13. The van der Waals surface area contributed by atoms with Crippen molar-refractivity contribution < 1.29 is 14.2 Å². The number of benzene rings is 1. The summed E-state index contributed by atoms with van der Waals surface area (Å²) in [4.78, 5) is 0. The molecule has 0 saturated carbocycles. The first kappa shape index (κ1) is 14.7. The third-order valence-electron chi connectivity index (χ3n) is 3.39. The molecule has 2 rings (SSSR count). The Morgan fingerprint density at radius 1 is 1.63 bits per heavy atom. The largest absolute Gasteiger partial charge is 0.380 e. The van der Waals surface area contributed by atoms with Gasteiger partial charge in [0.15, 0.2) is 0 Å². The Labute approximate surface area is 116 Å². The van der Waals surface area contributed by atoms with Gasteiger partial charge >= 0.3 is 0 Å². The van der Waals surface area contributed by atoms with Gasteiger partial charge in [-0.25, -0.2) is 4.39 Å². The van der Waals surface area contributed by atoms with Crippen molar-refractivity contribution in [2.24, 2.45) is 0 Å². The molecule has 106 valence electrons. The van der Waals surface area contributed by atoms with Gasteiger partial charge in [-0.15, -0.1) is 0 Å². The fourth-order valence-corrected chi connectivity index (χ4v) is 2.50. The maximum Gasteiger partial charge on any atom is 0.146 e. The fourth-order valence-electron chi connectivity index (χ4n) is 2.31. The zero-order valence-corrected chi connectivity index (χ0v) is 11.5. The average molecular weight is 289 g/mol. The summed E-state index contributed by atoms with van der Waals surface area (Å²) in [5.74, 6) is -0.452. The van der Waals surface area contributed by atoms with E-state index in [1.807, 2.05) is 0 Å². The van der Waals surface area contributed by atoms with Crippen molar-refractivity contribution >= 4 is 11.6 Å². The highest BCUT2D eigenvalue weighted by molar-refractivity contribution is 6.30. The van der Waals surface area contributed by atoms with Crippen LogP contribution in [-0.4, -0.2) is 37.1 Å². The van der Waals surface area contributed by atoms with Crippen molar-refractivity contribution in [2.75, 3.05) is 13.7 Å². The van der Waals surface area contributed by atoms with E-state index in [2.05, 4.69) is 10.6 Å². The molecule has 1 aromatic carbocycles. The van der Waals surface area contributed by atoms with Crippen LogP contribution in [0.5, 0.6) is 0 Å². The van der Waals surface area contributed by atoms with E-state index in [1.165, 1.54) is 6.07 Å². The number of hydrogen-bond donors (Lipinski definition) is 3. The molecule has 0 radical (unpaired) electrons. The first-order valence-electron chi connectivity index (χ1n) is 6.24. The minimum atomic E-state index is -0.800. The molecule has 1 saturated heterocycles. The second kappa shape index (κ2) is 6.63. The van der Waals surface area contributed by atoms with Crippen LogP contribution in [0.25, 0.3) is 0 Å². The number of nitrogens with one attached hydrogen (secondary N) is 2. The maximum atomic E-state index is 13.7. The number of hydrogen-bond acceptors (Lipinski definition) is 4. The highest BCUT2D eigenvalue weighted by Gasteiger charge is 2.32. The number of rotatable bonds is 5. The standard InChI is InChI=1S/C13H18ClFN2O2/c1-19-10-5-6-16-12(10)13(18)17-7-8-3-2-4-9(14)11(8)15/h2-4,10,12-13,16-18H,5-7H2,1H3/t10-,12+,13?/m1/s1. The van der Waals surface area contributed by atoms with Gasteiger partial charge < -0.3 is 15.2 Å².